The molecule has 0 unspecified atom stereocenters. The fourth-order valence-corrected chi connectivity index (χ4v) is 2.24. The molecule has 19 heavy (non-hydrogen) atoms. The predicted molar refractivity (Wildman–Crippen MR) is 72.1 cm³/mol. The van der Waals surface area contributed by atoms with Crippen LogP contribution in [-0.4, -0.2) is 20.1 Å². The Balaban J connectivity index is 2.15. The number of benzene rings is 2. The van der Waals surface area contributed by atoms with Crippen molar-refractivity contribution >= 4 is 10.1 Å². The topological polar surface area (TPSA) is 63.6 Å². The van der Waals surface area contributed by atoms with Crippen LogP contribution in [0.5, 0.6) is 5.75 Å². The van der Waals surface area contributed by atoms with Crippen molar-refractivity contribution in [3.8, 4) is 5.75 Å². The van der Waals surface area contributed by atoms with E-state index in [-0.39, 0.29) is 4.90 Å². The largest absolute Gasteiger partial charge is 0.497 e. The van der Waals surface area contributed by atoms with Gasteiger partial charge in [0.2, 0.25) is 0 Å². The Kier molecular flexibility index (Phi) is 3.87. The van der Waals surface area contributed by atoms with Crippen LogP contribution >= 0.6 is 0 Å². The predicted octanol–water partition coefficient (Wildman–Crippen LogP) is 2.53. The lowest BCUT2D eigenvalue weighted by Gasteiger charge is -2.04. The van der Waals surface area contributed by atoms with E-state index < -0.39 is 10.1 Å². The monoisotopic (exact) mass is 278 g/mol. The smallest absolute Gasteiger partial charge is 0.294 e. The van der Waals surface area contributed by atoms with Crippen molar-refractivity contribution in [3.05, 3.63) is 59.7 Å². The molecular formula is C14H14O4S. The van der Waals surface area contributed by atoms with Gasteiger partial charge >= 0.3 is 0 Å². The van der Waals surface area contributed by atoms with Gasteiger partial charge in [-0.1, -0.05) is 24.3 Å². The van der Waals surface area contributed by atoms with Crippen LogP contribution in [0.15, 0.2) is 53.4 Å². The summed E-state index contributed by atoms with van der Waals surface area (Å²) in [6.07, 6.45) is 0.690. The highest BCUT2D eigenvalue weighted by atomic mass is 32.2. The SMILES string of the molecule is COc1ccc(Cc2ccc(S(=O)(=O)O)cc2)cc1. The zero-order valence-corrected chi connectivity index (χ0v) is 11.2. The molecule has 0 amide bonds. The van der Waals surface area contributed by atoms with Crippen LogP contribution in [0.25, 0.3) is 0 Å². The van der Waals surface area contributed by atoms with Gasteiger partial charge in [0.25, 0.3) is 10.1 Å². The molecule has 0 aliphatic rings. The van der Waals surface area contributed by atoms with Crippen LogP contribution < -0.4 is 4.74 Å². The second kappa shape index (κ2) is 5.42. The molecule has 0 aliphatic carbocycles. The molecule has 0 saturated heterocycles. The summed E-state index contributed by atoms with van der Waals surface area (Å²) in [6.45, 7) is 0. The number of methoxy groups -OCH3 is 1. The summed E-state index contributed by atoms with van der Waals surface area (Å²) in [7, 11) is -2.50. The summed E-state index contributed by atoms with van der Waals surface area (Å²) < 4.78 is 35.8. The van der Waals surface area contributed by atoms with Crippen LogP contribution in [-0.2, 0) is 16.5 Å². The highest BCUT2D eigenvalue weighted by Gasteiger charge is 2.08. The maximum atomic E-state index is 10.9. The highest BCUT2D eigenvalue weighted by Crippen LogP contribution is 2.16. The minimum absolute atomic E-state index is 0.0917. The van der Waals surface area contributed by atoms with Gasteiger partial charge in [0, 0.05) is 0 Å². The third-order valence-electron chi connectivity index (χ3n) is 2.79. The van der Waals surface area contributed by atoms with E-state index in [4.69, 9.17) is 9.29 Å². The number of hydrogen-bond acceptors (Lipinski definition) is 3. The maximum Gasteiger partial charge on any atom is 0.294 e. The van der Waals surface area contributed by atoms with Gasteiger partial charge < -0.3 is 4.74 Å². The van der Waals surface area contributed by atoms with E-state index >= 15 is 0 Å². The lowest BCUT2D eigenvalue weighted by molar-refractivity contribution is 0.414. The molecule has 2 aromatic rings. The Labute approximate surface area is 112 Å². The number of rotatable bonds is 4. The molecule has 0 aliphatic heterocycles. The summed E-state index contributed by atoms with van der Waals surface area (Å²) in [6, 6.07) is 13.8. The minimum atomic E-state index is -4.12. The molecule has 2 rings (SSSR count). The maximum absolute atomic E-state index is 10.9. The van der Waals surface area contributed by atoms with Crippen molar-refractivity contribution in [3.63, 3.8) is 0 Å². The van der Waals surface area contributed by atoms with Gasteiger partial charge in [-0.05, 0) is 41.8 Å². The zero-order chi connectivity index (χ0) is 13.9. The first-order valence-electron chi connectivity index (χ1n) is 5.68. The summed E-state index contributed by atoms with van der Waals surface area (Å²) in [5.74, 6) is 0.797. The van der Waals surface area contributed by atoms with E-state index in [1.165, 1.54) is 12.1 Å². The Bertz CT molecular complexity index is 643. The van der Waals surface area contributed by atoms with E-state index in [0.29, 0.717) is 6.42 Å². The summed E-state index contributed by atoms with van der Waals surface area (Å²) >= 11 is 0. The molecule has 2 aromatic carbocycles. The lowest BCUT2D eigenvalue weighted by atomic mass is 10.1. The van der Waals surface area contributed by atoms with Gasteiger partial charge in [-0.3, -0.25) is 4.55 Å². The van der Waals surface area contributed by atoms with Gasteiger partial charge in [0.15, 0.2) is 0 Å². The van der Waals surface area contributed by atoms with Crippen LogP contribution in [0.1, 0.15) is 11.1 Å². The normalized spacial score (nSPS) is 11.3. The second-order valence-corrected chi connectivity index (χ2v) is 5.57. The molecule has 0 atom stereocenters. The van der Waals surface area contributed by atoms with Crippen LogP contribution in [0.3, 0.4) is 0 Å². The van der Waals surface area contributed by atoms with Crippen LogP contribution in [0.4, 0.5) is 0 Å². The molecule has 1 N–H and O–H groups in total. The molecule has 0 aromatic heterocycles. The molecular weight excluding hydrogens is 264 g/mol. The fourth-order valence-electron chi connectivity index (χ4n) is 1.76. The van der Waals surface area contributed by atoms with E-state index in [0.717, 1.165) is 16.9 Å². The summed E-state index contributed by atoms with van der Waals surface area (Å²) in [5.41, 5.74) is 2.07. The van der Waals surface area contributed by atoms with E-state index in [9.17, 15) is 8.42 Å². The van der Waals surface area contributed by atoms with Gasteiger partial charge in [-0.25, -0.2) is 0 Å². The summed E-state index contributed by atoms with van der Waals surface area (Å²) in [4.78, 5) is -0.0917. The van der Waals surface area contributed by atoms with Gasteiger partial charge in [-0.15, -0.1) is 0 Å². The quantitative estimate of drug-likeness (QED) is 0.873. The zero-order valence-electron chi connectivity index (χ0n) is 10.4. The van der Waals surface area contributed by atoms with Crippen LogP contribution in [0, 0.1) is 0 Å². The molecule has 100 valence electrons. The van der Waals surface area contributed by atoms with Crippen molar-refractivity contribution < 1.29 is 17.7 Å². The van der Waals surface area contributed by atoms with Gasteiger partial charge in [0.05, 0.1) is 12.0 Å². The van der Waals surface area contributed by atoms with E-state index in [2.05, 4.69) is 0 Å². The Morgan fingerprint density at radius 2 is 1.42 bits per heavy atom. The standard InChI is InChI=1S/C14H14O4S/c1-18-13-6-2-11(3-7-13)10-12-4-8-14(9-5-12)19(15,16)17/h2-9H,10H2,1H3,(H,15,16,17). The average molecular weight is 278 g/mol. The third-order valence-corrected chi connectivity index (χ3v) is 3.66. The Morgan fingerprint density at radius 1 is 0.947 bits per heavy atom. The highest BCUT2D eigenvalue weighted by molar-refractivity contribution is 7.85. The first kappa shape index (κ1) is 13.6. The molecule has 0 fully saturated rings. The molecule has 0 bridgehead atoms. The first-order chi connectivity index (χ1) is 8.99. The van der Waals surface area contributed by atoms with Crippen molar-refractivity contribution in [2.75, 3.05) is 7.11 Å². The molecule has 4 nitrogen and oxygen atoms in total. The minimum Gasteiger partial charge on any atom is -0.497 e. The van der Waals surface area contributed by atoms with Crippen molar-refractivity contribution in [2.24, 2.45) is 0 Å². The fraction of sp³-hybridized carbons (Fsp3) is 0.143. The molecule has 0 spiro atoms. The summed E-state index contributed by atoms with van der Waals surface area (Å²) in [5, 5.41) is 0. The molecule has 0 saturated carbocycles. The third kappa shape index (κ3) is 3.56. The van der Waals surface area contributed by atoms with Gasteiger partial charge in [0.1, 0.15) is 5.75 Å². The van der Waals surface area contributed by atoms with Crippen molar-refractivity contribution in [1.29, 1.82) is 0 Å². The average Bonchev–Trinajstić information content (AvgIpc) is 2.39. The molecule has 5 heteroatoms. The van der Waals surface area contributed by atoms with E-state index in [1.807, 2.05) is 24.3 Å². The Morgan fingerprint density at radius 3 is 1.84 bits per heavy atom. The van der Waals surface area contributed by atoms with Crippen molar-refractivity contribution in [1.82, 2.24) is 0 Å². The van der Waals surface area contributed by atoms with Crippen LogP contribution in [0.2, 0.25) is 0 Å². The molecule has 0 radical (unpaired) electrons. The van der Waals surface area contributed by atoms with Crippen molar-refractivity contribution in [2.45, 2.75) is 11.3 Å². The first-order valence-corrected chi connectivity index (χ1v) is 7.12. The Hall–Kier alpha value is -1.85. The lowest BCUT2D eigenvalue weighted by Crippen LogP contribution is -1.98. The number of ether oxygens (including phenoxy) is 1. The number of hydrogen-bond donors (Lipinski definition) is 1. The van der Waals surface area contributed by atoms with E-state index in [1.54, 1.807) is 19.2 Å². The second-order valence-electron chi connectivity index (χ2n) is 4.14. The van der Waals surface area contributed by atoms with Gasteiger partial charge in [-0.2, -0.15) is 8.42 Å². The molecule has 0 heterocycles.